The third kappa shape index (κ3) is 4.24. The van der Waals surface area contributed by atoms with Crippen LogP contribution in [0.3, 0.4) is 0 Å². The predicted octanol–water partition coefficient (Wildman–Crippen LogP) is 5.87. The van der Waals surface area contributed by atoms with Crippen LogP contribution in [0.25, 0.3) is 5.57 Å². The maximum Gasteiger partial charge on any atom is -0.0181 e. The number of benzene rings is 1. The lowest BCUT2D eigenvalue weighted by Crippen LogP contribution is -1.85. The molecule has 0 radical (unpaired) electrons. The molecule has 0 atom stereocenters. The van der Waals surface area contributed by atoms with Crippen LogP contribution in [0, 0.1) is 0 Å². The van der Waals surface area contributed by atoms with Gasteiger partial charge in [-0.15, -0.1) is 0 Å². The summed E-state index contributed by atoms with van der Waals surface area (Å²) in [5.74, 6) is 0. The Balaban J connectivity index is 2.28. The van der Waals surface area contributed by atoms with Gasteiger partial charge in [-0.05, 0) is 43.4 Å². The van der Waals surface area contributed by atoms with Crippen molar-refractivity contribution in [3.05, 3.63) is 89.6 Å². The quantitative estimate of drug-likeness (QED) is 0.595. The van der Waals surface area contributed by atoms with E-state index in [0.29, 0.717) is 0 Å². The standard InChI is InChI=1S/C20H22/c1-3-17(2)16-20(19-12-8-5-9-13-19)15-14-18-10-6-4-7-11-18/h3-6,8-10,12-16H,7,11H2,1-2H3/b15-14+,17-3-,20-16+. The van der Waals surface area contributed by atoms with Gasteiger partial charge in [0, 0.05) is 0 Å². The number of hydrogen-bond acceptors (Lipinski definition) is 0. The van der Waals surface area contributed by atoms with Crippen LogP contribution < -0.4 is 0 Å². The minimum atomic E-state index is 1.14. The first-order valence-electron chi connectivity index (χ1n) is 7.23. The summed E-state index contributed by atoms with van der Waals surface area (Å²) in [6.45, 7) is 4.21. The van der Waals surface area contributed by atoms with Crippen LogP contribution in [0.2, 0.25) is 0 Å². The van der Waals surface area contributed by atoms with Crippen molar-refractivity contribution in [3.8, 4) is 0 Å². The largest absolute Gasteiger partial charge is 0.0847 e. The monoisotopic (exact) mass is 262 g/mol. The molecule has 2 rings (SSSR count). The molecule has 0 amide bonds. The van der Waals surface area contributed by atoms with Crippen molar-refractivity contribution in [2.75, 3.05) is 0 Å². The molecule has 0 spiro atoms. The Morgan fingerprint density at radius 2 is 1.95 bits per heavy atom. The lowest BCUT2D eigenvalue weighted by Gasteiger charge is -2.06. The zero-order valence-electron chi connectivity index (χ0n) is 12.3. The van der Waals surface area contributed by atoms with E-state index in [4.69, 9.17) is 0 Å². The molecule has 0 N–H and O–H groups in total. The molecule has 0 saturated carbocycles. The highest BCUT2D eigenvalue weighted by molar-refractivity contribution is 5.76. The molecule has 20 heavy (non-hydrogen) atoms. The summed E-state index contributed by atoms with van der Waals surface area (Å²) < 4.78 is 0. The van der Waals surface area contributed by atoms with Crippen molar-refractivity contribution in [1.82, 2.24) is 0 Å². The molecular formula is C20H22. The van der Waals surface area contributed by atoms with Gasteiger partial charge in [0.05, 0.1) is 0 Å². The van der Waals surface area contributed by atoms with E-state index in [-0.39, 0.29) is 0 Å². The number of hydrogen-bond donors (Lipinski definition) is 0. The van der Waals surface area contributed by atoms with E-state index in [2.05, 4.69) is 86.7 Å². The van der Waals surface area contributed by atoms with Crippen molar-refractivity contribution in [2.24, 2.45) is 0 Å². The van der Waals surface area contributed by atoms with Crippen LogP contribution >= 0.6 is 0 Å². The predicted molar refractivity (Wildman–Crippen MR) is 89.4 cm³/mol. The first-order valence-corrected chi connectivity index (χ1v) is 7.23. The summed E-state index contributed by atoms with van der Waals surface area (Å²) in [6, 6.07) is 10.6. The minimum absolute atomic E-state index is 1.14. The van der Waals surface area contributed by atoms with E-state index in [9.17, 15) is 0 Å². The molecule has 1 aromatic carbocycles. The number of rotatable bonds is 4. The van der Waals surface area contributed by atoms with Gasteiger partial charge in [-0.25, -0.2) is 0 Å². The number of allylic oxidation sites excluding steroid dienone is 10. The van der Waals surface area contributed by atoms with Gasteiger partial charge in [-0.3, -0.25) is 0 Å². The minimum Gasteiger partial charge on any atom is -0.0847 e. The van der Waals surface area contributed by atoms with Gasteiger partial charge in [0.15, 0.2) is 0 Å². The van der Waals surface area contributed by atoms with E-state index >= 15 is 0 Å². The zero-order valence-corrected chi connectivity index (χ0v) is 12.3. The Morgan fingerprint density at radius 1 is 1.15 bits per heavy atom. The van der Waals surface area contributed by atoms with Crippen LogP contribution in [0.15, 0.2) is 84.0 Å². The molecule has 0 bridgehead atoms. The zero-order chi connectivity index (χ0) is 14.2. The van der Waals surface area contributed by atoms with Gasteiger partial charge in [-0.1, -0.05) is 78.4 Å². The Kier molecular flexibility index (Phi) is 5.37. The van der Waals surface area contributed by atoms with Crippen LogP contribution in [0.1, 0.15) is 32.3 Å². The fraction of sp³-hybridized carbons (Fsp3) is 0.200. The summed E-state index contributed by atoms with van der Waals surface area (Å²) in [5.41, 5.74) is 5.20. The molecule has 0 unspecified atom stereocenters. The van der Waals surface area contributed by atoms with Crippen molar-refractivity contribution >= 4 is 5.57 Å². The summed E-state index contributed by atoms with van der Waals surface area (Å²) in [4.78, 5) is 0. The second kappa shape index (κ2) is 7.49. The highest BCUT2D eigenvalue weighted by Gasteiger charge is 1.99. The Labute approximate surface area is 122 Å². The average molecular weight is 262 g/mol. The Morgan fingerprint density at radius 3 is 2.60 bits per heavy atom. The molecule has 0 saturated heterocycles. The maximum atomic E-state index is 2.24. The summed E-state index contributed by atoms with van der Waals surface area (Å²) in [5, 5.41) is 0. The normalized spacial score (nSPS) is 16.6. The third-order valence-electron chi connectivity index (χ3n) is 3.47. The molecular weight excluding hydrogens is 240 g/mol. The van der Waals surface area contributed by atoms with Crippen LogP contribution in [-0.2, 0) is 0 Å². The Hall–Kier alpha value is -2.08. The lowest BCUT2D eigenvalue weighted by molar-refractivity contribution is 0.991. The fourth-order valence-electron chi connectivity index (χ4n) is 2.14. The van der Waals surface area contributed by atoms with Gasteiger partial charge in [0.1, 0.15) is 0 Å². The first kappa shape index (κ1) is 14.3. The lowest BCUT2D eigenvalue weighted by atomic mass is 9.99. The van der Waals surface area contributed by atoms with E-state index in [1.54, 1.807) is 0 Å². The average Bonchev–Trinajstić information content (AvgIpc) is 2.53. The van der Waals surface area contributed by atoms with Crippen LogP contribution in [0.5, 0.6) is 0 Å². The molecule has 1 aromatic rings. The second-order valence-electron chi connectivity index (χ2n) is 5.04. The molecule has 0 aromatic heterocycles. The SMILES string of the molecule is C\C=C(C)/C=C(\C=C\C1=CC=CCC1)c1ccccc1. The summed E-state index contributed by atoms with van der Waals surface area (Å²) in [6.07, 6.45) is 17.7. The molecule has 0 fully saturated rings. The summed E-state index contributed by atoms with van der Waals surface area (Å²) >= 11 is 0. The molecule has 1 aliphatic rings. The molecule has 102 valence electrons. The molecule has 0 heteroatoms. The molecule has 1 aliphatic carbocycles. The summed E-state index contributed by atoms with van der Waals surface area (Å²) in [7, 11) is 0. The van der Waals surface area contributed by atoms with E-state index in [0.717, 1.165) is 12.8 Å². The van der Waals surface area contributed by atoms with Crippen molar-refractivity contribution in [1.29, 1.82) is 0 Å². The Bertz CT molecular complexity index is 578. The van der Waals surface area contributed by atoms with Gasteiger partial charge in [0.2, 0.25) is 0 Å². The van der Waals surface area contributed by atoms with Crippen molar-refractivity contribution in [2.45, 2.75) is 26.7 Å². The highest BCUT2D eigenvalue weighted by Crippen LogP contribution is 2.20. The smallest absolute Gasteiger partial charge is 0.0181 e. The second-order valence-corrected chi connectivity index (χ2v) is 5.04. The molecule has 0 aliphatic heterocycles. The van der Waals surface area contributed by atoms with Crippen LogP contribution in [0.4, 0.5) is 0 Å². The maximum absolute atomic E-state index is 2.24. The molecule has 0 nitrogen and oxygen atoms in total. The molecule has 0 heterocycles. The van der Waals surface area contributed by atoms with Gasteiger partial charge in [0.25, 0.3) is 0 Å². The first-order chi connectivity index (χ1) is 9.79. The van der Waals surface area contributed by atoms with Crippen molar-refractivity contribution in [3.63, 3.8) is 0 Å². The highest BCUT2D eigenvalue weighted by atomic mass is 14.0. The van der Waals surface area contributed by atoms with E-state index in [1.807, 2.05) is 0 Å². The fourth-order valence-corrected chi connectivity index (χ4v) is 2.14. The van der Waals surface area contributed by atoms with E-state index < -0.39 is 0 Å². The van der Waals surface area contributed by atoms with Gasteiger partial charge < -0.3 is 0 Å². The van der Waals surface area contributed by atoms with Crippen LogP contribution in [-0.4, -0.2) is 0 Å². The third-order valence-corrected chi connectivity index (χ3v) is 3.47. The van der Waals surface area contributed by atoms with E-state index in [1.165, 1.54) is 22.3 Å². The topological polar surface area (TPSA) is 0 Å². The van der Waals surface area contributed by atoms with Gasteiger partial charge in [-0.2, -0.15) is 0 Å². The van der Waals surface area contributed by atoms with Crippen molar-refractivity contribution < 1.29 is 0 Å². The van der Waals surface area contributed by atoms with Gasteiger partial charge >= 0.3 is 0 Å².